The maximum Gasteiger partial charge on any atom is 0.258 e. The number of hydrogen-bond donors (Lipinski definition) is 3. The predicted molar refractivity (Wildman–Crippen MR) is 154 cm³/mol. The van der Waals surface area contributed by atoms with Gasteiger partial charge in [-0.25, -0.2) is 17.2 Å². The van der Waals surface area contributed by atoms with E-state index in [1.54, 1.807) is 13.2 Å². The Morgan fingerprint density at radius 1 is 0.976 bits per heavy atom. The van der Waals surface area contributed by atoms with Crippen molar-refractivity contribution in [3.63, 3.8) is 0 Å². The molecule has 1 heterocycles. The van der Waals surface area contributed by atoms with Crippen molar-refractivity contribution < 1.29 is 26.7 Å². The second-order valence-electron chi connectivity index (χ2n) is 9.72. The number of methoxy groups -OCH3 is 1. The minimum Gasteiger partial charge on any atom is -0.383 e. The van der Waals surface area contributed by atoms with Crippen LogP contribution in [0, 0.1) is 11.6 Å². The Labute approximate surface area is 237 Å². The largest absolute Gasteiger partial charge is 0.383 e. The number of benzene rings is 3. The summed E-state index contributed by atoms with van der Waals surface area (Å²) in [7, 11) is 3.29. The molecule has 1 aromatic heterocycles. The maximum absolute atomic E-state index is 13.7. The number of hydrogen-bond acceptors (Lipinski definition) is 8. The number of carbonyl (C=O) groups is 1. The minimum absolute atomic E-state index is 0.0995. The second-order valence-corrected chi connectivity index (χ2v) is 11.7. The normalized spacial score (nSPS) is 11.7. The molecule has 4 aromatic rings. The summed E-state index contributed by atoms with van der Waals surface area (Å²) in [6.07, 6.45) is 0. The number of ether oxygens (including phenoxy) is 1. The molecule has 0 atom stereocenters. The number of amides is 1. The standard InChI is InChI=1S/C28H32F2N6O4S/c1-35(2)10-11-36(3)20-5-7-23(26(16-20)31-9-12-40-4)28(37)32-27-24-17-21(6-8-25(24)33-34-27)41(38,39)22-14-18(29)13-19(30)15-22/h5-8,13-17,31H,9-12H2,1-4H3,(H2,32,33,34,37). The first kappa shape index (κ1) is 29.9. The lowest BCUT2D eigenvalue weighted by Gasteiger charge is -2.23. The van der Waals surface area contributed by atoms with E-state index in [1.165, 1.54) is 18.2 Å². The van der Waals surface area contributed by atoms with Crippen LogP contribution < -0.4 is 15.5 Å². The van der Waals surface area contributed by atoms with Gasteiger partial charge in [-0.15, -0.1) is 0 Å². The van der Waals surface area contributed by atoms with Crippen molar-refractivity contribution in [2.24, 2.45) is 0 Å². The Bertz CT molecular complexity index is 1640. The quantitative estimate of drug-likeness (QED) is 0.213. The number of aromatic amines is 1. The van der Waals surface area contributed by atoms with Crippen molar-refractivity contribution in [1.82, 2.24) is 15.1 Å². The molecule has 0 saturated heterocycles. The Morgan fingerprint density at radius 2 is 1.71 bits per heavy atom. The average molecular weight is 587 g/mol. The van der Waals surface area contributed by atoms with Crippen LogP contribution in [-0.2, 0) is 14.6 Å². The molecule has 0 aliphatic rings. The van der Waals surface area contributed by atoms with Crippen LogP contribution >= 0.6 is 0 Å². The van der Waals surface area contributed by atoms with Crippen LogP contribution in [0.15, 0.2) is 64.4 Å². The summed E-state index contributed by atoms with van der Waals surface area (Å²) in [6, 6.07) is 11.6. The van der Waals surface area contributed by atoms with Gasteiger partial charge in [-0.2, -0.15) is 5.10 Å². The number of likely N-dealkylation sites (N-methyl/N-ethyl adjacent to an activating group) is 2. The van der Waals surface area contributed by atoms with Crippen molar-refractivity contribution in [2.45, 2.75) is 9.79 Å². The number of H-pyrrole nitrogens is 1. The second kappa shape index (κ2) is 12.6. The molecule has 10 nitrogen and oxygen atoms in total. The van der Waals surface area contributed by atoms with Crippen LogP contribution in [0.2, 0.25) is 0 Å². The summed E-state index contributed by atoms with van der Waals surface area (Å²) >= 11 is 0. The van der Waals surface area contributed by atoms with E-state index in [4.69, 9.17) is 4.74 Å². The molecule has 41 heavy (non-hydrogen) atoms. The molecule has 0 bridgehead atoms. The van der Waals surface area contributed by atoms with E-state index in [-0.39, 0.29) is 10.7 Å². The van der Waals surface area contributed by atoms with E-state index in [9.17, 15) is 22.0 Å². The lowest BCUT2D eigenvalue weighted by Crippen LogP contribution is -2.28. The van der Waals surface area contributed by atoms with Crippen LogP contribution in [0.5, 0.6) is 0 Å². The summed E-state index contributed by atoms with van der Waals surface area (Å²) in [6.45, 7) is 2.53. The van der Waals surface area contributed by atoms with Gasteiger partial charge in [0.05, 0.1) is 27.5 Å². The fourth-order valence-corrected chi connectivity index (χ4v) is 5.46. The SMILES string of the molecule is COCCNc1cc(N(C)CCN(C)C)ccc1C(=O)Nc1n[nH]c2ccc(S(=O)(=O)c3cc(F)cc(F)c3)cc12. The monoisotopic (exact) mass is 586 g/mol. The molecule has 3 N–H and O–H groups in total. The van der Waals surface area contributed by atoms with Gasteiger partial charge in [-0.3, -0.25) is 9.89 Å². The first-order valence-electron chi connectivity index (χ1n) is 12.7. The molecule has 0 aliphatic carbocycles. The number of rotatable bonds is 12. The summed E-state index contributed by atoms with van der Waals surface area (Å²) in [5.41, 5.74) is 2.31. The third-order valence-corrected chi connectivity index (χ3v) is 8.15. The van der Waals surface area contributed by atoms with Crippen molar-refractivity contribution >= 4 is 43.8 Å². The Hall–Kier alpha value is -4.07. The highest BCUT2D eigenvalue weighted by atomic mass is 32.2. The average Bonchev–Trinajstić information content (AvgIpc) is 3.33. The van der Waals surface area contributed by atoms with Gasteiger partial charge >= 0.3 is 0 Å². The molecular formula is C28H32F2N6O4S. The number of fused-ring (bicyclic) bond motifs is 1. The van der Waals surface area contributed by atoms with Gasteiger partial charge in [0.25, 0.3) is 5.91 Å². The van der Waals surface area contributed by atoms with Crippen molar-refractivity contribution in [3.05, 3.63) is 71.8 Å². The number of nitrogens with zero attached hydrogens (tertiary/aromatic N) is 3. The van der Waals surface area contributed by atoms with E-state index in [1.807, 2.05) is 33.3 Å². The van der Waals surface area contributed by atoms with E-state index in [2.05, 4.69) is 30.6 Å². The number of nitrogens with one attached hydrogen (secondary N) is 3. The van der Waals surface area contributed by atoms with E-state index < -0.39 is 32.3 Å². The fourth-order valence-electron chi connectivity index (χ4n) is 4.13. The molecule has 0 radical (unpaired) electrons. The maximum atomic E-state index is 13.7. The van der Waals surface area contributed by atoms with Crippen molar-refractivity contribution in [1.29, 1.82) is 0 Å². The van der Waals surface area contributed by atoms with Crippen LogP contribution in [0.1, 0.15) is 10.4 Å². The zero-order chi connectivity index (χ0) is 29.7. The number of anilines is 3. The van der Waals surface area contributed by atoms with Gasteiger partial charge in [0.2, 0.25) is 9.84 Å². The lowest BCUT2D eigenvalue weighted by atomic mass is 10.1. The smallest absolute Gasteiger partial charge is 0.258 e. The first-order chi connectivity index (χ1) is 19.5. The van der Waals surface area contributed by atoms with Gasteiger partial charge in [-0.05, 0) is 62.6 Å². The Balaban J connectivity index is 1.64. The molecule has 0 aliphatic heterocycles. The number of sulfone groups is 1. The van der Waals surface area contributed by atoms with Crippen LogP contribution in [0.4, 0.5) is 26.0 Å². The zero-order valence-corrected chi connectivity index (χ0v) is 24.0. The Kier molecular flexibility index (Phi) is 9.21. The molecule has 0 unspecified atom stereocenters. The molecule has 0 spiro atoms. The van der Waals surface area contributed by atoms with Gasteiger partial charge in [0.1, 0.15) is 11.6 Å². The molecule has 218 valence electrons. The van der Waals surface area contributed by atoms with Gasteiger partial charge in [0, 0.05) is 56.6 Å². The summed E-state index contributed by atoms with van der Waals surface area (Å²) in [4.78, 5) is 16.9. The van der Waals surface area contributed by atoms with Crippen molar-refractivity contribution in [2.75, 3.05) is 70.0 Å². The number of aromatic nitrogens is 2. The zero-order valence-electron chi connectivity index (χ0n) is 23.2. The fraction of sp³-hybridized carbons (Fsp3) is 0.286. The number of halogens is 2. The highest BCUT2D eigenvalue weighted by Gasteiger charge is 2.22. The lowest BCUT2D eigenvalue weighted by molar-refractivity contribution is 0.102. The Morgan fingerprint density at radius 3 is 2.39 bits per heavy atom. The van der Waals surface area contributed by atoms with Gasteiger partial charge < -0.3 is 25.2 Å². The number of carbonyl (C=O) groups excluding carboxylic acids is 1. The molecule has 4 rings (SSSR count). The molecular weight excluding hydrogens is 554 g/mol. The van der Waals surface area contributed by atoms with E-state index in [0.717, 1.165) is 30.9 Å². The molecule has 3 aromatic carbocycles. The van der Waals surface area contributed by atoms with Gasteiger partial charge in [-0.1, -0.05) is 0 Å². The van der Waals surface area contributed by atoms with Gasteiger partial charge in [0.15, 0.2) is 5.82 Å². The molecule has 1 amide bonds. The highest BCUT2D eigenvalue weighted by molar-refractivity contribution is 7.91. The third-order valence-electron chi connectivity index (χ3n) is 6.42. The molecule has 13 heteroatoms. The van der Waals surface area contributed by atoms with Crippen LogP contribution in [0.3, 0.4) is 0 Å². The van der Waals surface area contributed by atoms with E-state index in [0.29, 0.717) is 41.4 Å². The summed E-state index contributed by atoms with van der Waals surface area (Å²) < 4.78 is 58.9. The minimum atomic E-state index is -4.26. The molecule has 0 fully saturated rings. The highest BCUT2D eigenvalue weighted by Crippen LogP contribution is 2.30. The van der Waals surface area contributed by atoms with Crippen LogP contribution in [0.25, 0.3) is 10.9 Å². The molecule has 0 saturated carbocycles. The van der Waals surface area contributed by atoms with Crippen LogP contribution in [-0.4, -0.2) is 83.9 Å². The predicted octanol–water partition coefficient (Wildman–Crippen LogP) is 3.98. The van der Waals surface area contributed by atoms with Crippen molar-refractivity contribution in [3.8, 4) is 0 Å². The summed E-state index contributed by atoms with van der Waals surface area (Å²) in [5.74, 6) is -2.39. The third kappa shape index (κ3) is 6.99. The van der Waals surface area contributed by atoms with E-state index >= 15 is 0 Å². The first-order valence-corrected chi connectivity index (χ1v) is 14.2. The summed E-state index contributed by atoms with van der Waals surface area (Å²) in [5, 5.41) is 13.2. The topological polar surface area (TPSA) is 120 Å².